The molecule has 1 aliphatic heterocycles. The van der Waals surface area contributed by atoms with Crippen LogP contribution in [0, 0.1) is 11.8 Å². The molecule has 1 nitrogen and oxygen atoms in total. The van der Waals surface area contributed by atoms with E-state index in [4.69, 9.17) is 4.74 Å². The molecular formula is C27H42F4OSi. The van der Waals surface area contributed by atoms with Crippen LogP contribution in [-0.2, 0) is 0 Å². The summed E-state index contributed by atoms with van der Waals surface area (Å²) < 4.78 is 55.4. The van der Waals surface area contributed by atoms with Gasteiger partial charge in [-0.25, -0.2) is 8.78 Å². The summed E-state index contributed by atoms with van der Waals surface area (Å²) in [7, 11) is -0.400. The maximum absolute atomic E-state index is 13.0. The van der Waals surface area contributed by atoms with E-state index in [-0.39, 0.29) is 5.75 Å². The first-order valence-electron chi connectivity index (χ1n) is 13.3. The minimum atomic E-state index is -4.12. The molecule has 1 heterocycles. The molecule has 33 heavy (non-hydrogen) atoms. The van der Waals surface area contributed by atoms with Crippen molar-refractivity contribution in [3.05, 3.63) is 29.8 Å². The Hall–Kier alpha value is -1.04. The highest BCUT2D eigenvalue weighted by Gasteiger charge is 2.41. The van der Waals surface area contributed by atoms with Crippen molar-refractivity contribution >= 4 is 8.80 Å². The summed E-state index contributed by atoms with van der Waals surface area (Å²) in [6.07, 6.45) is 11.2. The summed E-state index contributed by atoms with van der Waals surface area (Å²) in [5.74, 6) is -1.58. The highest BCUT2D eigenvalue weighted by atomic mass is 28.3. The molecule has 2 fully saturated rings. The molecule has 0 aromatic heterocycles. The monoisotopic (exact) mass is 486 g/mol. The standard InChI is InChI=1S/C27H42F4OSi/c1-2-3-4-17-33-18-15-22(16-19-33)6-5-21-7-9-23(10-8-21)24-11-13-25(14-12-24)32-20-27(30,31)26(28)29/h11-14,21-23,26,33H,2-10,15-20H2,1H3/t21-,22-,23-,33-. The summed E-state index contributed by atoms with van der Waals surface area (Å²) >= 11 is 0. The third kappa shape index (κ3) is 8.59. The molecule has 2 aliphatic rings. The number of rotatable bonds is 12. The molecule has 1 aromatic rings. The molecule has 1 saturated carbocycles. The summed E-state index contributed by atoms with van der Waals surface area (Å²) in [5, 5.41) is 0. The molecule has 3 rings (SSSR count). The van der Waals surface area contributed by atoms with E-state index < -0.39 is 27.8 Å². The van der Waals surface area contributed by atoms with Crippen LogP contribution < -0.4 is 4.74 Å². The van der Waals surface area contributed by atoms with Crippen molar-refractivity contribution in [2.75, 3.05) is 6.61 Å². The van der Waals surface area contributed by atoms with Crippen molar-refractivity contribution in [2.45, 2.75) is 114 Å². The van der Waals surface area contributed by atoms with Gasteiger partial charge in [-0.3, -0.25) is 0 Å². The number of ether oxygens (including phenoxy) is 1. The van der Waals surface area contributed by atoms with Gasteiger partial charge in [-0.1, -0.05) is 82.1 Å². The topological polar surface area (TPSA) is 9.23 Å². The van der Waals surface area contributed by atoms with Crippen molar-refractivity contribution in [1.29, 1.82) is 0 Å². The van der Waals surface area contributed by atoms with Crippen LogP contribution in [0.4, 0.5) is 17.6 Å². The van der Waals surface area contributed by atoms with Gasteiger partial charge in [0.1, 0.15) is 5.75 Å². The smallest absolute Gasteiger partial charge is 0.340 e. The van der Waals surface area contributed by atoms with Crippen molar-refractivity contribution < 1.29 is 22.3 Å². The molecule has 0 N–H and O–H groups in total. The highest BCUT2D eigenvalue weighted by molar-refractivity contribution is 6.58. The zero-order valence-corrected chi connectivity index (χ0v) is 21.4. The fourth-order valence-electron chi connectivity index (χ4n) is 5.83. The summed E-state index contributed by atoms with van der Waals surface area (Å²) in [6.45, 7) is 1.00. The Kier molecular flexibility index (Phi) is 10.6. The van der Waals surface area contributed by atoms with Crippen LogP contribution in [0.3, 0.4) is 0 Å². The minimum absolute atomic E-state index is 0.218. The van der Waals surface area contributed by atoms with Crippen LogP contribution in [0.5, 0.6) is 5.75 Å². The van der Waals surface area contributed by atoms with Crippen LogP contribution in [0.25, 0.3) is 0 Å². The SMILES string of the molecule is CCCCC[Si@H]1CC[C@H](CC[C@H]2CC[C@H](c3ccc(OCC(F)(F)C(F)F)cc3)CC2)CC1. The zero-order chi connectivity index (χ0) is 23.7. The van der Waals surface area contributed by atoms with Gasteiger partial charge in [0.15, 0.2) is 6.61 Å². The lowest BCUT2D eigenvalue weighted by Gasteiger charge is -2.32. The molecule has 0 spiro atoms. The minimum Gasteiger partial charge on any atom is -0.487 e. The molecule has 188 valence electrons. The van der Waals surface area contributed by atoms with Crippen molar-refractivity contribution in [3.8, 4) is 5.75 Å². The van der Waals surface area contributed by atoms with Gasteiger partial charge in [-0.2, -0.15) is 8.78 Å². The quantitative estimate of drug-likeness (QED) is 0.163. The van der Waals surface area contributed by atoms with Crippen molar-refractivity contribution in [1.82, 2.24) is 0 Å². The Bertz CT molecular complexity index is 665. The fraction of sp³-hybridized carbons (Fsp3) is 0.778. The van der Waals surface area contributed by atoms with E-state index in [0.717, 1.165) is 11.8 Å². The molecular weight excluding hydrogens is 444 g/mol. The van der Waals surface area contributed by atoms with E-state index in [2.05, 4.69) is 6.92 Å². The lowest BCUT2D eigenvalue weighted by Crippen LogP contribution is -2.33. The van der Waals surface area contributed by atoms with Gasteiger partial charge in [0.2, 0.25) is 0 Å². The van der Waals surface area contributed by atoms with Crippen molar-refractivity contribution in [2.24, 2.45) is 11.8 Å². The van der Waals surface area contributed by atoms with Crippen LogP contribution >= 0.6 is 0 Å². The van der Waals surface area contributed by atoms with E-state index in [1.54, 1.807) is 30.3 Å². The number of hydrogen-bond donors (Lipinski definition) is 0. The van der Waals surface area contributed by atoms with E-state index in [1.807, 2.05) is 12.1 Å². The van der Waals surface area contributed by atoms with E-state index in [0.29, 0.717) is 5.92 Å². The first-order chi connectivity index (χ1) is 15.9. The molecule has 0 atom stereocenters. The van der Waals surface area contributed by atoms with Gasteiger partial charge in [0, 0.05) is 8.80 Å². The second-order valence-corrected chi connectivity index (χ2v) is 14.1. The first-order valence-corrected chi connectivity index (χ1v) is 15.7. The largest absolute Gasteiger partial charge is 0.487 e. The molecule has 0 bridgehead atoms. The van der Waals surface area contributed by atoms with Crippen LogP contribution in [0.15, 0.2) is 24.3 Å². The van der Waals surface area contributed by atoms with Crippen LogP contribution in [0.1, 0.15) is 89.0 Å². The number of unbranched alkanes of at least 4 members (excludes halogenated alkanes) is 2. The third-order valence-electron chi connectivity index (χ3n) is 8.11. The number of alkyl halides is 4. The second-order valence-electron chi connectivity index (χ2n) is 10.6. The molecule has 0 unspecified atom stereocenters. The van der Waals surface area contributed by atoms with E-state index in [1.165, 1.54) is 76.2 Å². The lowest BCUT2D eigenvalue weighted by atomic mass is 9.76. The lowest BCUT2D eigenvalue weighted by molar-refractivity contribution is -0.148. The normalized spacial score (nSPS) is 26.5. The maximum atomic E-state index is 13.0. The van der Waals surface area contributed by atoms with Gasteiger partial charge >= 0.3 is 12.3 Å². The van der Waals surface area contributed by atoms with Crippen LogP contribution in [-0.4, -0.2) is 27.8 Å². The molecule has 0 radical (unpaired) electrons. The average molecular weight is 487 g/mol. The molecule has 0 amide bonds. The predicted molar refractivity (Wildman–Crippen MR) is 131 cm³/mol. The molecule has 1 aliphatic carbocycles. The van der Waals surface area contributed by atoms with Crippen molar-refractivity contribution in [3.63, 3.8) is 0 Å². The van der Waals surface area contributed by atoms with Gasteiger partial charge < -0.3 is 4.74 Å². The van der Waals surface area contributed by atoms with Crippen LogP contribution in [0.2, 0.25) is 18.1 Å². The molecule has 1 aromatic carbocycles. The highest BCUT2D eigenvalue weighted by Crippen LogP contribution is 2.40. The Balaban J connectivity index is 1.32. The summed E-state index contributed by atoms with van der Waals surface area (Å²) in [6, 6.07) is 11.8. The Morgan fingerprint density at radius 2 is 1.52 bits per heavy atom. The first kappa shape index (κ1) is 26.6. The molecule has 1 saturated heterocycles. The Labute approximate surface area is 199 Å². The number of benzene rings is 1. The second kappa shape index (κ2) is 13.2. The van der Waals surface area contributed by atoms with Gasteiger partial charge in [0.25, 0.3) is 0 Å². The fourth-order valence-corrected chi connectivity index (χ4v) is 9.44. The van der Waals surface area contributed by atoms with Gasteiger partial charge in [-0.05, 0) is 61.1 Å². The van der Waals surface area contributed by atoms with E-state index >= 15 is 0 Å². The Morgan fingerprint density at radius 1 is 0.909 bits per heavy atom. The van der Waals surface area contributed by atoms with Gasteiger partial charge in [0.05, 0.1) is 0 Å². The molecule has 6 heteroatoms. The average Bonchev–Trinajstić information content (AvgIpc) is 2.83. The van der Waals surface area contributed by atoms with Gasteiger partial charge in [-0.15, -0.1) is 0 Å². The van der Waals surface area contributed by atoms with E-state index in [9.17, 15) is 17.6 Å². The predicted octanol–water partition coefficient (Wildman–Crippen LogP) is 8.85. The summed E-state index contributed by atoms with van der Waals surface area (Å²) in [4.78, 5) is 0. The Morgan fingerprint density at radius 3 is 2.09 bits per heavy atom. The third-order valence-corrected chi connectivity index (χ3v) is 11.6. The number of hydrogen-bond acceptors (Lipinski definition) is 1. The maximum Gasteiger partial charge on any atom is 0.340 e. The number of halogens is 4. The summed E-state index contributed by atoms with van der Waals surface area (Å²) in [5.41, 5.74) is 1.20. The zero-order valence-electron chi connectivity index (χ0n) is 20.2.